The first-order chi connectivity index (χ1) is 12.2. The molecule has 1 saturated heterocycles. The quantitative estimate of drug-likeness (QED) is 0.805. The maximum absolute atomic E-state index is 12.9. The van der Waals surface area contributed by atoms with Gasteiger partial charge in [-0.1, -0.05) is 36.4 Å². The van der Waals surface area contributed by atoms with Crippen molar-refractivity contribution in [2.75, 3.05) is 12.0 Å². The molecular formula is C21H19NO3. The van der Waals surface area contributed by atoms with Gasteiger partial charge in [0.25, 0.3) is 0 Å². The highest BCUT2D eigenvalue weighted by molar-refractivity contribution is 6.22. The van der Waals surface area contributed by atoms with Crippen LogP contribution < -0.4 is 9.64 Å². The number of methoxy groups -OCH3 is 1. The fraction of sp³-hybridized carbons (Fsp3) is 0.238. The van der Waals surface area contributed by atoms with Gasteiger partial charge in [-0.05, 0) is 48.2 Å². The molecule has 1 heterocycles. The van der Waals surface area contributed by atoms with Crippen molar-refractivity contribution in [1.82, 2.24) is 0 Å². The van der Waals surface area contributed by atoms with E-state index in [2.05, 4.69) is 6.08 Å². The van der Waals surface area contributed by atoms with E-state index in [1.165, 1.54) is 4.90 Å². The second kappa shape index (κ2) is 6.20. The van der Waals surface area contributed by atoms with Crippen LogP contribution in [0.5, 0.6) is 5.75 Å². The SMILES string of the molecule is COc1ccc(C2=CCC3C(=O)N(c4ccccc4)C(=O)C3C2)cc1. The molecule has 2 unspecified atom stereocenters. The Labute approximate surface area is 146 Å². The van der Waals surface area contributed by atoms with Gasteiger partial charge in [0.2, 0.25) is 11.8 Å². The molecule has 126 valence electrons. The second-order valence-electron chi connectivity index (χ2n) is 6.46. The predicted molar refractivity (Wildman–Crippen MR) is 96.1 cm³/mol. The molecule has 0 saturated carbocycles. The summed E-state index contributed by atoms with van der Waals surface area (Å²) < 4.78 is 5.20. The van der Waals surface area contributed by atoms with Gasteiger partial charge in [0, 0.05) is 0 Å². The van der Waals surface area contributed by atoms with Crippen molar-refractivity contribution in [3.05, 3.63) is 66.2 Å². The maximum Gasteiger partial charge on any atom is 0.238 e. The molecule has 25 heavy (non-hydrogen) atoms. The molecule has 2 aromatic rings. The molecule has 4 heteroatoms. The third-order valence-electron chi connectivity index (χ3n) is 5.09. The van der Waals surface area contributed by atoms with Gasteiger partial charge in [0.1, 0.15) is 5.75 Å². The Bertz CT molecular complexity index is 839. The lowest BCUT2D eigenvalue weighted by molar-refractivity contribution is -0.122. The predicted octanol–water partition coefficient (Wildman–Crippen LogP) is 3.68. The number of carbonyl (C=O) groups excluding carboxylic acids is 2. The molecule has 1 fully saturated rings. The molecule has 2 amide bonds. The Morgan fingerprint density at radius 3 is 2.28 bits per heavy atom. The van der Waals surface area contributed by atoms with E-state index in [-0.39, 0.29) is 23.7 Å². The van der Waals surface area contributed by atoms with Crippen molar-refractivity contribution in [3.8, 4) is 5.75 Å². The van der Waals surface area contributed by atoms with Gasteiger partial charge in [0.15, 0.2) is 0 Å². The van der Waals surface area contributed by atoms with Gasteiger partial charge in [-0.25, -0.2) is 0 Å². The normalized spacial score (nSPS) is 22.6. The summed E-state index contributed by atoms with van der Waals surface area (Å²) in [6.45, 7) is 0. The number of hydrogen-bond donors (Lipinski definition) is 0. The minimum atomic E-state index is -0.269. The first-order valence-corrected chi connectivity index (χ1v) is 8.45. The number of hydrogen-bond acceptors (Lipinski definition) is 3. The number of nitrogens with zero attached hydrogens (tertiary/aromatic N) is 1. The first kappa shape index (κ1) is 15.6. The molecule has 2 atom stereocenters. The highest BCUT2D eigenvalue weighted by atomic mass is 16.5. The third-order valence-corrected chi connectivity index (χ3v) is 5.09. The molecule has 1 aliphatic carbocycles. The lowest BCUT2D eigenvalue weighted by atomic mass is 9.79. The zero-order valence-electron chi connectivity index (χ0n) is 14.0. The number of ether oxygens (including phenoxy) is 1. The van der Waals surface area contributed by atoms with Crippen LogP contribution in [-0.4, -0.2) is 18.9 Å². The van der Waals surface area contributed by atoms with E-state index < -0.39 is 0 Å². The number of anilines is 1. The lowest BCUT2D eigenvalue weighted by Gasteiger charge is -2.22. The zero-order chi connectivity index (χ0) is 17.4. The molecule has 2 aliphatic rings. The van der Waals surface area contributed by atoms with Crippen molar-refractivity contribution < 1.29 is 14.3 Å². The number of rotatable bonds is 3. The lowest BCUT2D eigenvalue weighted by Crippen LogP contribution is -2.30. The van der Waals surface area contributed by atoms with Crippen LogP contribution in [0.2, 0.25) is 0 Å². The largest absolute Gasteiger partial charge is 0.497 e. The van der Waals surface area contributed by atoms with Crippen LogP contribution in [0.4, 0.5) is 5.69 Å². The highest BCUT2D eigenvalue weighted by Crippen LogP contribution is 2.42. The minimum absolute atomic E-state index is 0.0776. The van der Waals surface area contributed by atoms with Crippen molar-refractivity contribution in [1.29, 1.82) is 0 Å². The van der Waals surface area contributed by atoms with Crippen molar-refractivity contribution in [2.45, 2.75) is 12.8 Å². The van der Waals surface area contributed by atoms with Crippen LogP contribution in [0.15, 0.2) is 60.7 Å². The third kappa shape index (κ3) is 2.64. The van der Waals surface area contributed by atoms with E-state index in [1.807, 2.05) is 54.6 Å². The summed E-state index contributed by atoms with van der Waals surface area (Å²) in [5, 5.41) is 0. The Morgan fingerprint density at radius 2 is 1.60 bits per heavy atom. The topological polar surface area (TPSA) is 46.6 Å². The molecule has 0 radical (unpaired) electrons. The van der Waals surface area contributed by atoms with E-state index in [9.17, 15) is 9.59 Å². The summed E-state index contributed by atoms with van der Waals surface area (Å²) >= 11 is 0. The molecular weight excluding hydrogens is 314 g/mol. The Hall–Kier alpha value is -2.88. The maximum atomic E-state index is 12.9. The number of benzene rings is 2. The molecule has 0 aromatic heterocycles. The fourth-order valence-electron chi connectivity index (χ4n) is 3.74. The molecule has 0 N–H and O–H groups in total. The number of carbonyl (C=O) groups is 2. The fourth-order valence-corrected chi connectivity index (χ4v) is 3.74. The molecule has 1 aliphatic heterocycles. The number of allylic oxidation sites excluding steroid dienone is 2. The van der Waals surface area contributed by atoms with Gasteiger partial charge < -0.3 is 4.74 Å². The van der Waals surface area contributed by atoms with E-state index in [0.717, 1.165) is 16.9 Å². The number of fused-ring (bicyclic) bond motifs is 1. The number of imide groups is 1. The minimum Gasteiger partial charge on any atom is -0.497 e. The standard InChI is InChI=1S/C21H19NO3/c1-25-17-10-7-14(8-11-17)15-9-12-18-19(13-15)21(24)22(20(18)23)16-5-3-2-4-6-16/h2-11,18-19H,12-13H2,1H3. The summed E-state index contributed by atoms with van der Waals surface area (Å²) in [6, 6.07) is 17.0. The number of para-hydroxylation sites is 1. The summed E-state index contributed by atoms with van der Waals surface area (Å²) in [5.74, 6) is 0.136. The molecule has 4 nitrogen and oxygen atoms in total. The van der Waals surface area contributed by atoms with Crippen molar-refractivity contribution in [3.63, 3.8) is 0 Å². The van der Waals surface area contributed by atoms with Gasteiger partial charge in [-0.2, -0.15) is 0 Å². The van der Waals surface area contributed by atoms with Crippen LogP contribution in [0.1, 0.15) is 18.4 Å². The average Bonchev–Trinajstić information content (AvgIpc) is 2.92. The summed E-state index contributed by atoms with van der Waals surface area (Å²) in [6.07, 6.45) is 3.31. The van der Waals surface area contributed by atoms with E-state index in [0.29, 0.717) is 18.5 Å². The van der Waals surface area contributed by atoms with Crippen molar-refractivity contribution in [2.24, 2.45) is 11.8 Å². The summed E-state index contributed by atoms with van der Waals surface area (Å²) in [5.41, 5.74) is 2.87. The van der Waals surface area contributed by atoms with Crippen molar-refractivity contribution >= 4 is 23.1 Å². The Balaban J connectivity index is 1.60. The Morgan fingerprint density at radius 1 is 0.920 bits per heavy atom. The van der Waals surface area contributed by atoms with Gasteiger partial charge in [-0.3, -0.25) is 14.5 Å². The van der Waals surface area contributed by atoms with E-state index >= 15 is 0 Å². The second-order valence-corrected chi connectivity index (χ2v) is 6.46. The monoisotopic (exact) mass is 333 g/mol. The van der Waals surface area contributed by atoms with Gasteiger partial charge in [-0.15, -0.1) is 0 Å². The molecule has 0 spiro atoms. The van der Waals surface area contributed by atoms with Crippen LogP contribution in [0.25, 0.3) is 5.57 Å². The molecule has 2 aromatic carbocycles. The number of amides is 2. The van der Waals surface area contributed by atoms with E-state index in [4.69, 9.17) is 4.74 Å². The van der Waals surface area contributed by atoms with Crippen LogP contribution in [-0.2, 0) is 9.59 Å². The molecule has 4 rings (SSSR count). The average molecular weight is 333 g/mol. The van der Waals surface area contributed by atoms with Gasteiger partial charge >= 0.3 is 0 Å². The first-order valence-electron chi connectivity index (χ1n) is 8.45. The summed E-state index contributed by atoms with van der Waals surface area (Å²) in [4.78, 5) is 27.0. The van der Waals surface area contributed by atoms with Crippen LogP contribution in [0, 0.1) is 11.8 Å². The highest BCUT2D eigenvalue weighted by Gasteiger charge is 2.49. The molecule has 0 bridgehead atoms. The smallest absolute Gasteiger partial charge is 0.238 e. The summed E-state index contributed by atoms with van der Waals surface area (Å²) in [7, 11) is 1.64. The Kier molecular flexibility index (Phi) is 3.88. The van der Waals surface area contributed by atoms with Crippen LogP contribution >= 0.6 is 0 Å². The van der Waals surface area contributed by atoms with E-state index in [1.54, 1.807) is 7.11 Å². The van der Waals surface area contributed by atoms with Gasteiger partial charge in [0.05, 0.1) is 24.6 Å². The zero-order valence-corrected chi connectivity index (χ0v) is 14.0. The van der Waals surface area contributed by atoms with Crippen LogP contribution in [0.3, 0.4) is 0 Å².